The highest BCUT2D eigenvalue weighted by Gasteiger charge is 2.51. The first-order valence-electron chi connectivity index (χ1n) is 22.1. The Morgan fingerprint density at radius 3 is 1.43 bits per heavy atom. The lowest BCUT2D eigenvalue weighted by molar-refractivity contribution is -0.193. The van der Waals surface area contributed by atoms with Crippen molar-refractivity contribution in [1.82, 2.24) is 4.90 Å². The Morgan fingerprint density at radius 1 is 0.569 bits per heavy atom. The lowest BCUT2D eigenvalue weighted by Crippen LogP contribution is -2.32. The van der Waals surface area contributed by atoms with Gasteiger partial charge in [0.2, 0.25) is 0 Å². The van der Waals surface area contributed by atoms with Gasteiger partial charge >= 0.3 is 0 Å². The van der Waals surface area contributed by atoms with Crippen LogP contribution in [-0.4, -0.2) is 49.3 Å². The normalized spacial score (nSPS) is 22.3. The van der Waals surface area contributed by atoms with E-state index in [1.165, 1.54) is 135 Å². The van der Waals surface area contributed by atoms with E-state index in [0.717, 1.165) is 45.1 Å². The first-order chi connectivity index (χ1) is 25.0. The molecule has 0 bridgehead atoms. The van der Waals surface area contributed by atoms with E-state index in [1.807, 2.05) is 14.1 Å². The average Bonchev–Trinajstić information content (AvgIpc) is 3.64. The van der Waals surface area contributed by atoms with Gasteiger partial charge in [0.25, 0.3) is 0 Å². The molecule has 0 radical (unpaired) electrons. The van der Waals surface area contributed by atoms with Crippen molar-refractivity contribution in [2.75, 3.05) is 20.6 Å². The van der Waals surface area contributed by atoms with Crippen LogP contribution in [-0.2, 0) is 14.3 Å². The van der Waals surface area contributed by atoms with Gasteiger partial charge in [0.1, 0.15) is 5.78 Å². The second-order valence-corrected chi connectivity index (χ2v) is 16.2. The third kappa shape index (κ3) is 23.7. The zero-order chi connectivity index (χ0) is 36.7. The van der Waals surface area contributed by atoms with Crippen LogP contribution in [0.4, 0.5) is 0 Å². The first-order valence-corrected chi connectivity index (χ1v) is 22.1. The second kappa shape index (κ2) is 30.9. The molecule has 294 valence electrons. The van der Waals surface area contributed by atoms with Crippen molar-refractivity contribution >= 4 is 5.78 Å². The maximum absolute atomic E-state index is 12.6. The Hall–Kier alpha value is -1.49. The summed E-state index contributed by atoms with van der Waals surface area (Å²) in [5.41, 5.74) is 0. The van der Waals surface area contributed by atoms with Gasteiger partial charge < -0.3 is 14.4 Å². The lowest BCUT2D eigenvalue weighted by atomic mass is 9.97. The average molecular weight is 710 g/mol. The molecule has 1 saturated carbocycles. The van der Waals surface area contributed by atoms with Crippen molar-refractivity contribution in [2.24, 2.45) is 5.92 Å². The van der Waals surface area contributed by atoms with Crippen molar-refractivity contribution in [3.63, 3.8) is 0 Å². The van der Waals surface area contributed by atoms with E-state index >= 15 is 0 Å². The molecule has 0 aromatic carbocycles. The Morgan fingerprint density at radius 2 is 0.980 bits per heavy atom. The topological polar surface area (TPSA) is 38.8 Å². The van der Waals surface area contributed by atoms with E-state index in [1.54, 1.807) is 0 Å². The fraction of sp³-hybridized carbons (Fsp3) is 0.809. The predicted molar refractivity (Wildman–Crippen MR) is 221 cm³/mol. The number of carbonyl (C=O) groups is 1. The molecular weight excluding hydrogens is 627 g/mol. The summed E-state index contributed by atoms with van der Waals surface area (Å²) < 4.78 is 13.7. The number of hydrogen-bond acceptors (Lipinski definition) is 4. The molecule has 0 spiro atoms. The van der Waals surface area contributed by atoms with Crippen LogP contribution in [0.25, 0.3) is 0 Å². The quantitative estimate of drug-likeness (QED) is 0.0492. The zero-order valence-corrected chi connectivity index (χ0v) is 34.2. The van der Waals surface area contributed by atoms with Crippen LogP contribution in [0.15, 0.2) is 48.6 Å². The van der Waals surface area contributed by atoms with Crippen molar-refractivity contribution in [3.8, 4) is 0 Å². The minimum absolute atomic E-state index is 0.182. The van der Waals surface area contributed by atoms with Crippen LogP contribution in [0.2, 0.25) is 0 Å². The number of unbranched alkanes of at least 4 members (excludes halogenated alkanes) is 17. The van der Waals surface area contributed by atoms with Gasteiger partial charge in [-0.1, -0.05) is 140 Å². The van der Waals surface area contributed by atoms with Crippen LogP contribution >= 0.6 is 0 Å². The summed E-state index contributed by atoms with van der Waals surface area (Å²) in [6.07, 6.45) is 53.6. The molecule has 1 aliphatic heterocycles. The molecule has 0 aromatic rings. The summed E-state index contributed by atoms with van der Waals surface area (Å²) in [5, 5.41) is 0. The second-order valence-electron chi connectivity index (χ2n) is 16.2. The van der Waals surface area contributed by atoms with Crippen molar-refractivity contribution in [2.45, 2.75) is 218 Å². The van der Waals surface area contributed by atoms with E-state index in [0.29, 0.717) is 24.5 Å². The van der Waals surface area contributed by atoms with E-state index in [-0.39, 0.29) is 18.0 Å². The number of hydrogen-bond donors (Lipinski definition) is 0. The smallest absolute Gasteiger partial charge is 0.169 e. The minimum Gasteiger partial charge on any atom is -0.344 e. The summed E-state index contributed by atoms with van der Waals surface area (Å²) in [5.74, 6) is 0.430. The van der Waals surface area contributed by atoms with Crippen LogP contribution in [0, 0.1) is 5.92 Å². The Labute approximate surface area is 317 Å². The summed E-state index contributed by atoms with van der Waals surface area (Å²) in [7, 11) is 4.08. The van der Waals surface area contributed by atoms with E-state index in [9.17, 15) is 4.79 Å². The van der Waals surface area contributed by atoms with Crippen LogP contribution in [0.3, 0.4) is 0 Å². The van der Waals surface area contributed by atoms with E-state index < -0.39 is 0 Å². The van der Waals surface area contributed by atoms with E-state index in [4.69, 9.17) is 9.47 Å². The molecule has 4 atom stereocenters. The van der Waals surface area contributed by atoms with Gasteiger partial charge in [-0.15, -0.1) is 0 Å². The van der Waals surface area contributed by atoms with Gasteiger partial charge in [0, 0.05) is 32.2 Å². The van der Waals surface area contributed by atoms with Gasteiger partial charge in [-0.05, 0) is 103 Å². The Bertz CT molecular complexity index is 935. The first kappa shape index (κ1) is 45.7. The van der Waals surface area contributed by atoms with Gasteiger partial charge in [-0.3, -0.25) is 4.79 Å². The number of rotatable bonds is 34. The lowest BCUT2D eigenvalue weighted by Gasteiger charge is -2.30. The maximum Gasteiger partial charge on any atom is 0.169 e. The molecule has 1 aliphatic carbocycles. The molecule has 0 amide bonds. The molecule has 2 rings (SSSR count). The number of fused-ring (bicyclic) bond motifs is 1. The molecule has 51 heavy (non-hydrogen) atoms. The van der Waals surface area contributed by atoms with Crippen LogP contribution < -0.4 is 0 Å². The van der Waals surface area contributed by atoms with Crippen molar-refractivity contribution in [1.29, 1.82) is 0 Å². The number of Topliss-reactive ketones (excluding diaryl/α,β-unsaturated/α-hetero) is 1. The van der Waals surface area contributed by atoms with Gasteiger partial charge in [-0.2, -0.15) is 0 Å². The fourth-order valence-corrected chi connectivity index (χ4v) is 7.76. The molecule has 1 heterocycles. The van der Waals surface area contributed by atoms with Gasteiger partial charge in [0.15, 0.2) is 5.79 Å². The number of ketones is 1. The highest BCUT2D eigenvalue weighted by atomic mass is 16.8. The molecule has 2 aliphatic rings. The largest absolute Gasteiger partial charge is 0.344 e. The minimum atomic E-state index is -0.389. The summed E-state index contributed by atoms with van der Waals surface area (Å²) >= 11 is 0. The summed E-state index contributed by atoms with van der Waals surface area (Å²) in [6, 6.07) is 0. The Balaban J connectivity index is 1.65. The number of ether oxygens (including phenoxy) is 2. The van der Waals surface area contributed by atoms with Crippen LogP contribution in [0.1, 0.15) is 200 Å². The molecule has 0 aromatic heterocycles. The van der Waals surface area contributed by atoms with Gasteiger partial charge in [-0.25, -0.2) is 0 Å². The Kier molecular flexibility index (Phi) is 27.7. The summed E-state index contributed by atoms with van der Waals surface area (Å²) in [6.45, 7) is 5.36. The predicted octanol–water partition coefficient (Wildman–Crippen LogP) is 13.8. The molecule has 1 saturated heterocycles. The SMILES string of the molecule is CCCC/C=C\C/C=C\CCCCCCCCC1(CCCCCCCC/C=C\C/C=C\CCCCC)O[C@H]2C[C@H](CC(=O)CCN(C)C)C[C@H]2O1. The van der Waals surface area contributed by atoms with E-state index in [2.05, 4.69) is 67.4 Å². The molecule has 0 N–H and O–H groups in total. The fourth-order valence-electron chi connectivity index (χ4n) is 7.76. The third-order valence-electron chi connectivity index (χ3n) is 10.9. The number of nitrogens with zero attached hydrogens (tertiary/aromatic N) is 1. The molecule has 4 heteroatoms. The molecule has 4 nitrogen and oxygen atoms in total. The van der Waals surface area contributed by atoms with Gasteiger partial charge in [0.05, 0.1) is 12.2 Å². The standard InChI is InChI=1S/C47H83NO3/c1-5-7-9-11-13-15-17-19-21-23-25-27-29-31-33-35-38-47(37-34-32-30-28-26-24-22-20-18-16-14-12-10-8-6-2)50-45-41-43(42-46(45)51-47)40-44(49)36-39-48(3)4/h12-15,18-21,43,45-46H,5-11,16-17,22-42H2,1-4H3/b14-12-,15-13-,20-18-,21-19-/t43-,45-,46+,47?. The number of carbonyl (C=O) groups excluding carboxylic acids is 1. The number of allylic oxidation sites excluding steroid dienone is 8. The zero-order valence-electron chi connectivity index (χ0n) is 34.2. The van der Waals surface area contributed by atoms with Crippen molar-refractivity contribution in [3.05, 3.63) is 48.6 Å². The monoisotopic (exact) mass is 710 g/mol. The molecule has 1 unspecified atom stereocenters. The van der Waals surface area contributed by atoms with Crippen molar-refractivity contribution < 1.29 is 14.3 Å². The summed E-state index contributed by atoms with van der Waals surface area (Å²) in [4.78, 5) is 14.7. The maximum atomic E-state index is 12.6. The highest BCUT2D eigenvalue weighted by molar-refractivity contribution is 5.78. The third-order valence-corrected chi connectivity index (χ3v) is 10.9. The molecular formula is C47H83NO3. The highest BCUT2D eigenvalue weighted by Crippen LogP contribution is 2.46. The molecule has 2 fully saturated rings. The van der Waals surface area contributed by atoms with Crippen LogP contribution in [0.5, 0.6) is 0 Å².